The average molecular weight is 182 g/mol. The van der Waals surface area contributed by atoms with Gasteiger partial charge in [-0.15, -0.1) is 5.10 Å². The van der Waals surface area contributed by atoms with Crippen LogP contribution >= 0.6 is 0 Å². The molecule has 0 aliphatic heterocycles. The highest BCUT2D eigenvalue weighted by Gasteiger charge is 2.12. The number of nitrogens with zero attached hydrogens (tertiary/aromatic N) is 3. The predicted octanol–water partition coefficient (Wildman–Crippen LogP) is 1.01. The molecule has 0 bridgehead atoms. The van der Waals surface area contributed by atoms with Gasteiger partial charge in [0, 0.05) is 19.1 Å². The lowest BCUT2D eigenvalue weighted by Gasteiger charge is -2.20. The molecule has 1 aromatic rings. The Hall–Kier alpha value is -0.900. The van der Waals surface area contributed by atoms with Crippen LogP contribution in [0.2, 0.25) is 0 Å². The second kappa shape index (κ2) is 3.46. The summed E-state index contributed by atoms with van der Waals surface area (Å²) in [5.74, 6) is 0. The van der Waals surface area contributed by atoms with Crippen LogP contribution in [0.5, 0.6) is 0 Å². The zero-order chi connectivity index (χ0) is 10.1. The molecule has 0 aromatic carbocycles. The highest BCUT2D eigenvalue weighted by molar-refractivity contribution is 5.07. The molecule has 1 heterocycles. The van der Waals surface area contributed by atoms with Crippen LogP contribution in [0.1, 0.15) is 32.2 Å². The van der Waals surface area contributed by atoms with Gasteiger partial charge in [-0.05, 0) is 27.7 Å². The molecule has 0 atom stereocenters. The summed E-state index contributed by atoms with van der Waals surface area (Å²) in [6.45, 7) is 9.23. The van der Waals surface area contributed by atoms with Crippen LogP contribution in [0.4, 0.5) is 0 Å². The van der Waals surface area contributed by atoms with Crippen molar-refractivity contribution in [2.75, 3.05) is 0 Å². The summed E-state index contributed by atoms with van der Waals surface area (Å²) >= 11 is 0. The fourth-order valence-corrected chi connectivity index (χ4v) is 1.07. The standard InChI is InChI=1S/C9H18N4/c1-7-8(13(5)12-11-7)6-10-9(2,3)4/h10H,6H2,1-5H3. The van der Waals surface area contributed by atoms with E-state index in [1.54, 1.807) is 0 Å². The second-order valence-corrected chi connectivity index (χ2v) is 4.35. The monoisotopic (exact) mass is 182 g/mol. The van der Waals surface area contributed by atoms with E-state index in [9.17, 15) is 0 Å². The largest absolute Gasteiger partial charge is 0.306 e. The zero-order valence-electron chi connectivity index (χ0n) is 9.05. The smallest absolute Gasteiger partial charge is 0.0841 e. The van der Waals surface area contributed by atoms with E-state index in [0.717, 1.165) is 17.9 Å². The van der Waals surface area contributed by atoms with E-state index in [2.05, 4.69) is 36.4 Å². The van der Waals surface area contributed by atoms with E-state index in [4.69, 9.17) is 0 Å². The molecule has 0 saturated heterocycles. The third kappa shape index (κ3) is 2.81. The van der Waals surface area contributed by atoms with Crippen molar-refractivity contribution >= 4 is 0 Å². The molecule has 1 N–H and O–H groups in total. The lowest BCUT2D eigenvalue weighted by Crippen LogP contribution is -2.35. The molecule has 0 fully saturated rings. The third-order valence-corrected chi connectivity index (χ3v) is 1.92. The Morgan fingerprint density at radius 1 is 1.38 bits per heavy atom. The van der Waals surface area contributed by atoms with E-state index in [1.165, 1.54) is 0 Å². The van der Waals surface area contributed by atoms with Gasteiger partial charge in [0.25, 0.3) is 0 Å². The van der Waals surface area contributed by atoms with Crippen molar-refractivity contribution in [2.24, 2.45) is 7.05 Å². The van der Waals surface area contributed by atoms with Crippen molar-refractivity contribution in [3.05, 3.63) is 11.4 Å². The first-order valence-corrected chi connectivity index (χ1v) is 4.50. The van der Waals surface area contributed by atoms with E-state index in [-0.39, 0.29) is 5.54 Å². The Morgan fingerprint density at radius 2 is 2.00 bits per heavy atom. The van der Waals surface area contributed by atoms with Crippen molar-refractivity contribution in [3.63, 3.8) is 0 Å². The molecular formula is C9H18N4. The van der Waals surface area contributed by atoms with Gasteiger partial charge < -0.3 is 5.32 Å². The molecule has 0 unspecified atom stereocenters. The van der Waals surface area contributed by atoms with Gasteiger partial charge in [0.1, 0.15) is 0 Å². The van der Waals surface area contributed by atoms with Crippen LogP contribution in [0.15, 0.2) is 0 Å². The summed E-state index contributed by atoms with van der Waals surface area (Å²) in [4.78, 5) is 0. The summed E-state index contributed by atoms with van der Waals surface area (Å²) in [6.07, 6.45) is 0. The van der Waals surface area contributed by atoms with Crippen molar-refractivity contribution in [2.45, 2.75) is 39.8 Å². The Morgan fingerprint density at radius 3 is 2.38 bits per heavy atom. The number of aromatic nitrogens is 3. The van der Waals surface area contributed by atoms with Crippen molar-refractivity contribution in [1.29, 1.82) is 0 Å². The topological polar surface area (TPSA) is 42.7 Å². The normalized spacial score (nSPS) is 12.1. The highest BCUT2D eigenvalue weighted by Crippen LogP contribution is 2.05. The van der Waals surface area contributed by atoms with Crippen molar-refractivity contribution in [1.82, 2.24) is 20.3 Å². The summed E-state index contributed by atoms with van der Waals surface area (Å²) in [5, 5.41) is 11.3. The van der Waals surface area contributed by atoms with E-state index < -0.39 is 0 Å². The number of hydrogen-bond acceptors (Lipinski definition) is 3. The number of rotatable bonds is 2. The zero-order valence-corrected chi connectivity index (χ0v) is 9.05. The van der Waals surface area contributed by atoms with Crippen LogP contribution in [0.3, 0.4) is 0 Å². The van der Waals surface area contributed by atoms with Gasteiger partial charge in [0.15, 0.2) is 0 Å². The highest BCUT2D eigenvalue weighted by atomic mass is 15.4. The van der Waals surface area contributed by atoms with Crippen LogP contribution < -0.4 is 5.32 Å². The van der Waals surface area contributed by atoms with Gasteiger partial charge >= 0.3 is 0 Å². The van der Waals surface area contributed by atoms with Gasteiger partial charge in [0.05, 0.1) is 11.4 Å². The molecule has 0 saturated carbocycles. The quantitative estimate of drug-likeness (QED) is 0.742. The Kier molecular flexibility index (Phi) is 2.71. The lowest BCUT2D eigenvalue weighted by molar-refractivity contribution is 0.415. The average Bonchev–Trinajstić information content (AvgIpc) is 2.27. The Labute approximate surface area is 79.3 Å². The molecule has 0 aliphatic rings. The molecule has 4 heteroatoms. The van der Waals surface area contributed by atoms with Crippen LogP contribution in [0.25, 0.3) is 0 Å². The molecule has 74 valence electrons. The fourth-order valence-electron chi connectivity index (χ4n) is 1.07. The van der Waals surface area contributed by atoms with E-state index in [0.29, 0.717) is 0 Å². The maximum atomic E-state index is 3.99. The first-order valence-electron chi connectivity index (χ1n) is 4.50. The molecule has 1 aromatic heterocycles. The molecule has 0 spiro atoms. The van der Waals surface area contributed by atoms with Gasteiger partial charge in [0.2, 0.25) is 0 Å². The van der Waals surface area contributed by atoms with E-state index in [1.807, 2.05) is 18.7 Å². The predicted molar refractivity (Wildman–Crippen MR) is 52.3 cm³/mol. The minimum Gasteiger partial charge on any atom is -0.306 e. The van der Waals surface area contributed by atoms with E-state index >= 15 is 0 Å². The fraction of sp³-hybridized carbons (Fsp3) is 0.778. The molecule has 0 radical (unpaired) electrons. The number of aryl methyl sites for hydroxylation is 2. The van der Waals surface area contributed by atoms with Crippen LogP contribution in [-0.2, 0) is 13.6 Å². The molecule has 0 amide bonds. The minimum absolute atomic E-state index is 0.136. The number of nitrogens with one attached hydrogen (secondary N) is 1. The third-order valence-electron chi connectivity index (χ3n) is 1.92. The van der Waals surface area contributed by atoms with Crippen LogP contribution in [-0.4, -0.2) is 20.5 Å². The summed E-state index contributed by atoms with van der Waals surface area (Å²) in [7, 11) is 1.92. The van der Waals surface area contributed by atoms with Gasteiger partial charge in [-0.3, -0.25) is 4.68 Å². The van der Waals surface area contributed by atoms with Crippen molar-refractivity contribution in [3.8, 4) is 0 Å². The Bertz CT molecular complexity index is 263. The summed E-state index contributed by atoms with van der Waals surface area (Å²) in [5.41, 5.74) is 2.28. The second-order valence-electron chi connectivity index (χ2n) is 4.35. The minimum atomic E-state index is 0.136. The Balaban J connectivity index is 2.64. The lowest BCUT2D eigenvalue weighted by atomic mass is 10.1. The summed E-state index contributed by atoms with van der Waals surface area (Å²) in [6, 6.07) is 0. The van der Waals surface area contributed by atoms with Gasteiger partial charge in [-0.1, -0.05) is 5.21 Å². The van der Waals surface area contributed by atoms with Gasteiger partial charge in [-0.2, -0.15) is 0 Å². The maximum Gasteiger partial charge on any atom is 0.0841 e. The first kappa shape index (κ1) is 10.2. The molecule has 1 rings (SSSR count). The van der Waals surface area contributed by atoms with Gasteiger partial charge in [-0.25, -0.2) is 0 Å². The first-order chi connectivity index (χ1) is 5.90. The molecule has 4 nitrogen and oxygen atoms in total. The number of hydrogen-bond donors (Lipinski definition) is 1. The maximum absolute atomic E-state index is 3.99. The molecule has 13 heavy (non-hydrogen) atoms. The molecule has 0 aliphatic carbocycles. The molecular weight excluding hydrogens is 164 g/mol. The van der Waals surface area contributed by atoms with Crippen molar-refractivity contribution < 1.29 is 0 Å². The SMILES string of the molecule is Cc1nnn(C)c1CNC(C)(C)C. The summed E-state index contributed by atoms with van der Waals surface area (Å²) < 4.78 is 1.81. The van der Waals surface area contributed by atoms with Crippen LogP contribution in [0, 0.1) is 6.92 Å².